The first kappa shape index (κ1) is 16.0. The summed E-state index contributed by atoms with van der Waals surface area (Å²) >= 11 is 0.893. The fourth-order valence-electron chi connectivity index (χ4n) is 1.42. The van der Waals surface area contributed by atoms with Crippen LogP contribution in [0.3, 0.4) is 0 Å². The van der Waals surface area contributed by atoms with Gasteiger partial charge in [-0.15, -0.1) is 0 Å². The summed E-state index contributed by atoms with van der Waals surface area (Å²) in [6.45, 7) is 7.07. The molecular weight excluding hydrogens is 268 g/mol. The van der Waals surface area contributed by atoms with Crippen LogP contribution in [0.4, 0.5) is 0 Å². The topological polar surface area (TPSA) is 69.7 Å². The minimum atomic E-state index is -1.23. The second-order valence-corrected chi connectivity index (χ2v) is 6.27. The van der Waals surface area contributed by atoms with Crippen LogP contribution in [-0.2, 0) is 23.9 Å². The average Bonchev–Trinajstić information content (AvgIpc) is 2.73. The molecule has 1 rings (SSSR count). The van der Waals surface area contributed by atoms with Gasteiger partial charge in [-0.05, 0) is 20.3 Å². The molecule has 6 heteroatoms. The molecule has 0 aliphatic carbocycles. The molecule has 0 aromatic carbocycles. The fourth-order valence-corrected chi connectivity index (χ4v) is 2.38. The highest BCUT2D eigenvalue weighted by atomic mass is 32.2. The summed E-state index contributed by atoms with van der Waals surface area (Å²) in [5.41, 5.74) is -1.23. The first-order valence-corrected chi connectivity index (χ1v) is 7.26. The number of hydrogen-bond donors (Lipinski definition) is 0. The number of carbonyl (C=O) groups is 3. The zero-order valence-corrected chi connectivity index (χ0v) is 12.5. The van der Waals surface area contributed by atoms with Gasteiger partial charge in [-0.3, -0.25) is 14.4 Å². The van der Waals surface area contributed by atoms with Gasteiger partial charge in [0.15, 0.2) is 5.60 Å². The van der Waals surface area contributed by atoms with Crippen LogP contribution in [0.2, 0.25) is 0 Å². The number of rotatable bonds is 5. The van der Waals surface area contributed by atoms with Crippen molar-refractivity contribution < 1.29 is 23.9 Å². The molecule has 1 saturated heterocycles. The molecule has 2 unspecified atom stereocenters. The molecule has 0 N–H and O–H groups in total. The summed E-state index contributed by atoms with van der Waals surface area (Å²) in [7, 11) is 0. The van der Waals surface area contributed by atoms with Crippen molar-refractivity contribution in [2.45, 2.75) is 51.4 Å². The van der Waals surface area contributed by atoms with Crippen molar-refractivity contribution in [2.75, 3.05) is 6.61 Å². The number of ether oxygens (including phenoxy) is 2. The lowest BCUT2D eigenvalue weighted by Gasteiger charge is -2.25. The van der Waals surface area contributed by atoms with Gasteiger partial charge in [0.25, 0.3) is 0 Å². The third-order valence-electron chi connectivity index (χ3n) is 3.00. The number of thioether (sulfide) groups is 1. The highest BCUT2D eigenvalue weighted by molar-refractivity contribution is 8.14. The van der Waals surface area contributed by atoms with Crippen molar-refractivity contribution in [3.63, 3.8) is 0 Å². The first-order chi connectivity index (χ1) is 8.77. The molecule has 0 radical (unpaired) electrons. The van der Waals surface area contributed by atoms with Gasteiger partial charge in [0.2, 0.25) is 5.12 Å². The molecule has 108 valence electrons. The summed E-state index contributed by atoms with van der Waals surface area (Å²) in [6.07, 6.45) is 1.18. The Morgan fingerprint density at radius 1 is 1.53 bits per heavy atom. The van der Waals surface area contributed by atoms with Crippen molar-refractivity contribution >= 4 is 28.8 Å². The zero-order valence-electron chi connectivity index (χ0n) is 11.7. The number of cyclic esters (lactones) is 1. The fraction of sp³-hybridized carbons (Fsp3) is 0.769. The minimum absolute atomic E-state index is 0.242. The van der Waals surface area contributed by atoms with E-state index < -0.39 is 16.8 Å². The van der Waals surface area contributed by atoms with Crippen LogP contribution in [0.5, 0.6) is 0 Å². The molecule has 19 heavy (non-hydrogen) atoms. The van der Waals surface area contributed by atoms with Gasteiger partial charge in [0.05, 0.1) is 12.5 Å². The Morgan fingerprint density at radius 3 is 2.63 bits per heavy atom. The van der Waals surface area contributed by atoms with E-state index >= 15 is 0 Å². The van der Waals surface area contributed by atoms with Crippen LogP contribution < -0.4 is 0 Å². The first-order valence-electron chi connectivity index (χ1n) is 6.38. The van der Waals surface area contributed by atoms with E-state index in [1.807, 2.05) is 6.92 Å². The molecule has 0 bridgehead atoms. The molecule has 1 aliphatic rings. The van der Waals surface area contributed by atoms with Gasteiger partial charge in [0, 0.05) is 6.42 Å². The quantitative estimate of drug-likeness (QED) is 0.720. The Morgan fingerprint density at radius 2 is 2.16 bits per heavy atom. The Kier molecular flexibility index (Phi) is 5.40. The number of esters is 2. The van der Waals surface area contributed by atoms with Crippen LogP contribution >= 0.6 is 11.8 Å². The molecule has 0 saturated carbocycles. The van der Waals surface area contributed by atoms with Crippen LogP contribution in [0.1, 0.15) is 40.5 Å². The summed E-state index contributed by atoms with van der Waals surface area (Å²) < 4.78 is 10.0. The molecule has 2 atom stereocenters. The monoisotopic (exact) mass is 288 g/mol. The lowest BCUT2D eigenvalue weighted by molar-refractivity contribution is -0.164. The second kappa shape index (κ2) is 6.41. The predicted octanol–water partition coefficient (Wildman–Crippen LogP) is 1.93. The van der Waals surface area contributed by atoms with Gasteiger partial charge in [-0.25, -0.2) is 0 Å². The summed E-state index contributed by atoms with van der Waals surface area (Å²) in [6, 6.07) is 0. The molecule has 5 nitrogen and oxygen atoms in total. The van der Waals surface area contributed by atoms with E-state index in [1.165, 1.54) is 0 Å². The van der Waals surface area contributed by atoms with Gasteiger partial charge < -0.3 is 9.47 Å². The van der Waals surface area contributed by atoms with Crippen LogP contribution in [0.15, 0.2) is 0 Å². The Labute approximate surface area is 117 Å². The van der Waals surface area contributed by atoms with E-state index in [0.717, 1.165) is 11.8 Å². The largest absolute Gasteiger partial charge is 0.465 e. The lowest BCUT2D eigenvalue weighted by Crippen LogP contribution is -2.38. The maximum atomic E-state index is 12.1. The Balaban J connectivity index is 2.58. The minimum Gasteiger partial charge on any atom is -0.465 e. The molecule has 0 spiro atoms. The van der Waals surface area contributed by atoms with Crippen molar-refractivity contribution in [3.8, 4) is 0 Å². The molecular formula is C13H20O5S. The van der Waals surface area contributed by atoms with E-state index in [2.05, 4.69) is 0 Å². The van der Waals surface area contributed by atoms with Crippen molar-refractivity contribution in [2.24, 2.45) is 5.92 Å². The van der Waals surface area contributed by atoms with Crippen LogP contribution in [0, 0.1) is 5.92 Å². The maximum Gasteiger partial charge on any atom is 0.319 e. The second-order valence-electron chi connectivity index (χ2n) is 5.09. The van der Waals surface area contributed by atoms with Gasteiger partial charge in [0.1, 0.15) is 5.25 Å². The van der Waals surface area contributed by atoms with E-state index in [0.29, 0.717) is 19.4 Å². The molecule has 0 aromatic rings. The van der Waals surface area contributed by atoms with Crippen molar-refractivity contribution in [1.82, 2.24) is 0 Å². The van der Waals surface area contributed by atoms with Gasteiger partial charge in [-0.1, -0.05) is 25.6 Å². The van der Waals surface area contributed by atoms with E-state index in [9.17, 15) is 14.4 Å². The Hall–Kier alpha value is -1.04. The SMILES string of the molecule is CCC(C)C(=O)OC(C)(C)C(=O)SC1CCOC1=O. The molecule has 0 aromatic heterocycles. The predicted molar refractivity (Wildman–Crippen MR) is 71.6 cm³/mol. The third-order valence-corrected chi connectivity index (χ3v) is 4.42. The molecule has 1 fully saturated rings. The lowest BCUT2D eigenvalue weighted by atomic mass is 10.1. The summed E-state index contributed by atoms with van der Waals surface area (Å²) in [5.74, 6) is -1.01. The number of carbonyl (C=O) groups excluding carboxylic acids is 3. The van der Waals surface area contributed by atoms with Gasteiger partial charge >= 0.3 is 11.9 Å². The Bertz CT molecular complexity index is 377. The highest BCUT2D eigenvalue weighted by Crippen LogP contribution is 2.29. The maximum absolute atomic E-state index is 12.1. The highest BCUT2D eigenvalue weighted by Gasteiger charge is 2.38. The van der Waals surface area contributed by atoms with E-state index in [-0.39, 0.29) is 17.0 Å². The summed E-state index contributed by atoms with van der Waals surface area (Å²) in [4.78, 5) is 35.1. The smallest absolute Gasteiger partial charge is 0.319 e. The normalized spacial score (nSPS) is 20.8. The van der Waals surface area contributed by atoms with E-state index in [1.54, 1.807) is 20.8 Å². The van der Waals surface area contributed by atoms with Crippen molar-refractivity contribution in [1.29, 1.82) is 0 Å². The van der Waals surface area contributed by atoms with E-state index in [4.69, 9.17) is 9.47 Å². The standard InChI is InChI=1S/C13H20O5S/c1-5-8(2)10(14)18-13(3,4)12(16)19-9-6-7-17-11(9)15/h8-9H,5-7H2,1-4H3. The van der Waals surface area contributed by atoms with Crippen molar-refractivity contribution in [3.05, 3.63) is 0 Å². The average molecular weight is 288 g/mol. The van der Waals surface area contributed by atoms with Crippen LogP contribution in [0.25, 0.3) is 0 Å². The zero-order chi connectivity index (χ0) is 14.6. The van der Waals surface area contributed by atoms with Crippen LogP contribution in [-0.4, -0.2) is 34.5 Å². The summed E-state index contributed by atoms with van der Waals surface area (Å²) in [5, 5.41) is -0.804. The molecule has 1 heterocycles. The number of hydrogen-bond acceptors (Lipinski definition) is 6. The third kappa shape index (κ3) is 4.23. The molecule has 0 amide bonds. The van der Waals surface area contributed by atoms with Gasteiger partial charge in [-0.2, -0.15) is 0 Å². The molecule has 1 aliphatic heterocycles.